The van der Waals surface area contributed by atoms with Gasteiger partial charge in [0.05, 0.1) is 11.3 Å². The average molecular weight is 290 g/mol. The first-order chi connectivity index (χ1) is 9.97. The summed E-state index contributed by atoms with van der Waals surface area (Å²) < 4.78 is 0. The van der Waals surface area contributed by atoms with Crippen LogP contribution in [0.3, 0.4) is 0 Å². The SMILES string of the molecule is CC(=O)NCC1CCN(c2ncc(C(C)=O)c(C)n2)CC1. The van der Waals surface area contributed by atoms with Crippen molar-refractivity contribution in [3.05, 3.63) is 17.5 Å². The van der Waals surface area contributed by atoms with E-state index < -0.39 is 0 Å². The molecule has 1 saturated heterocycles. The Morgan fingerprint density at radius 1 is 1.33 bits per heavy atom. The van der Waals surface area contributed by atoms with Gasteiger partial charge in [-0.15, -0.1) is 0 Å². The van der Waals surface area contributed by atoms with Crippen molar-refractivity contribution in [2.75, 3.05) is 24.5 Å². The molecule has 1 aliphatic heterocycles. The maximum Gasteiger partial charge on any atom is 0.225 e. The van der Waals surface area contributed by atoms with Crippen LogP contribution in [0.5, 0.6) is 0 Å². The van der Waals surface area contributed by atoms with Crippen LogP contribution in [0, 0.1) is 12.8 Å². The Balaban J connectivity index is 1.94. The predicted octanol–water partition coefficient (Wildman–Crippen LogP) is 1.34. The number of hydrogen-bond acceptors (Lipinski definition) is 5. The van der Waals surface area contributed by atoms with E-state index in [0.717, 1.165) is 38.2 Å². The van der Waals surface area contributed by atoms with Crippen LogP contribution in [0.4, 0.5) is 5.95 Å². The van der Waals surface area contributed by atoms with Gasteiger partial charge in [0.2, 0.25) is 11.9 Å². The molecule has 1 amide bonds. The van der Waals surface area contributed by atoms with Gasteiger partial charge in [0, 0.05) is 32.8 Å². The fourth-order valence-corrected chi connectivity index (χ4v) is 2.58. The molecule has 0 atom stereocenters. The number of carbonyl (C=O) groups is 2. The third kappa shape index (κ3) is 4.00. The number of hydrogen-bond donors (Lipinski definition) is 1. The minimum Gasteiger partial charge on any atom is -0.356 e. The summed E-state index contributed by atoms with van der Waals surface area (Å²) in [7, 11) is 0. The summed E-state index contributed by atoms with van der Waals surface area (Å²) in [5.41, 5.74) is 1.31. The molecule has 0 aromatic carbocycles. The number of nitrogens with one attached hydrogen (secondary N) is 1. The number of anilines is 1. The van der Waals surface area contributed by atoms with Crippen LogP contribution >= 0.6 is 0 Å². The highest BCUT2D eigenvalue weighted by Gasteiger charge is 2.21. The third-order valence-electron chi connectivity index (χ3n) is 3.88. The number of aryl methyl sites for hydroxylation is 1. The van der Waals surface area contributed by atoms with Gasteiger partial charge in [-0.05, 0) is 32.6 Å². The van der Waals surface area contributed by atoms with Gasteiger partial charge in [0.1, 0.15) is 0 Å². The minimum absolute atomic E-state index is 0.00642. The van der Waals surface area contributed by atoms with Crippen molar-refractivity contribution in [2.45, 2.75) is 33.6 Å². The highest BCUT2D eigenvalue weighted by atomic mass is 16.1. The average Bonchev–Trinajstić information content (AvgIpc) is 2.45. The second-order valence-corrected chi connectivity index (χ2v) is 5.59. The first-order valence-electron chi connectivity index (χ1n) is 7.31. The van der Waals surface area contributed by atoms with Crippen molar-refractivity contribution in [3.8, 4) is 0 Å². The highest BCUT2D eigenvalue weighted by Crippen LogP contribution is 2.21. The summed E-state index contributed by atoms with van der Waals surface area (Å²) in [6.45, 7) is 7.41. The van der Waals surface area contributed by atoms with Gasteiger partial charge < -0.3 is 10.2 Å². The van der Waals surface area contributed by atoms with E-state index in [1.54, 1.807) is 13.1 Å². The van der Waals surface area contributed by atoms with E-state index in [-0.39, 0.29) is 11.7 Å². The molecule has 6 nitrogen and oxygen atoms in total. The van der Waals surface area contributed by atoms with E-state index in [2.05, 4.69) is 20.2 Å². The summed E-state index contributed by atoms with van der Waals surface area (Å²) >= 11 is 0. The maximum atomic E-state index is 11.4. The Morgan fingerprint density at radius 2 is 2.00 bits per heavy atom. The zero-order valence-corrected chi connectivity index (χ0v) is 12.8. The van der Waals surface area contributed by atoms with E-state index in [9.17, 15) is 9.59 Å². The molecular weight excluding hydrogens is 268 g/mol. The molecule has 114 valence electrons. The van der Waals surface area contributed by atoms with Crippen LogP contribution in [0.15, 0.2) is 6.20 Å². The number of aromatic nitrogens is 2. The van der Waals surface area contributed by atoms with Crippen molar-refractivity contribution < 1.29 is 9.59 Å². The molecule has 1 N–H and O–H groups in total. The van der Waals surface area contributed by atoms with Crippen LogP contribution < -0.4 is 10.2 Å². The molecule has 1 aromatic heterocycles. The number of ketones is 1. The van der Waals surface area contributed by atoms with Crippen molar-refractivity contribution in [3.63, 3.8) is 0 Å². The molecule has 2 heterocycles. The Labute approximate surface area is 125 Å². The fourth-order valence-electron chi connectivity index (χ4n) is 2.58. The lowest BCUT2D eigenvalue weighted by atomic mass is 9.97. The summed E-state index contributed by atoms with van der Waals surface area (Å²) in [4.78, 5) is 33.2. The second-order valence-electron chi connectivity index (χ2n) is 5.59. The van der Waals surface area contributed by atoms with E-state index in [1.807, 2.05) is 6.92 Å². The first kappa shape index (κ1) is 15.4. The number of nitrogens with zero attached hydrogens (tertiary/aromatic N) is 3. The van der Waals surface area contributed by atoms with Crippen LogP contribution in [-0.2, 0) is 4.79 Å². The molecule has 0 bridgehead atoms. The zero-order valence-electron chi connectivity index (χ0n) is 12.8. The van der Waals surface area contributed by atoms with E-state index in [1.165, 1.54) is 6.92 Å². The van der Waals surface area contributed by atoms with E-state index in [0.29, 0.717) is 17.4 Å². The molecule has 1 aromatic rings. The fraction of sp³-hybridized carbons (Fsp3) is 0.600. The summed E-state index contributed by atoms with van der Waals surface area (Å²) in [6.07, 6.45) is 3.64. The Morgan fingerprint density at radius 3 is 2.52 bits per heavy atom. The molecule has 0 aliphatic carbocycles. The van der Waals surface area contributed by atoms with E-state index in [4.69, 9.17) is 0 Å². The zero-order chi connectivity index (χ0) is 15.4. The molecule has 6 heteroatoms. The Kier molecular flexibility index (Phi) is 4.88. The first-order valence-corrected chi connectivity index (χ1v) is 7.31. The predicted molar refractivity (Wildman–Crippen MR) is 80.4 cm³/mol. The number of piperidine rings is 1. The van der Waals surface area contributed by atoms with Gasteiger partial charge in [-0.2, -0.15) is 0 Å². The van der Waals surface area contributed by atoms with E-state index >= 15 is 0 Å². The number of carbonyl (C=O) groups excluding carboxylic acids is 2. The minimum atomic E-state index is -0.00642. The monoisotopic (exact) mass is 290 g/mol. The number of Topliss-reactive ketones (excluding diaryl/α,β-unsaturated/α-hetero) is 1. The normalized spacial score (nSPS) is 15.9. The van der Waals surface area contributed by atoms with Crippen molar-refractivity contribution in [1.82, 2.24) is 15.3 Å². The van der Waals surface area contributed by atoms with Gasteiger partial charge in [-0.3, -0.25) is 9.59 Å². The quantitative estimate of drug-likeness (QED) is 0.847. The Hall–Kier alpha value is -1.98. The highest BCUT2D eigenvalue weighted by molar-refractivity contribution is 5.94. The molecule has 0 spiro atoms. The van der Waals surface area contributed by atoms with Gasteiger partial charge >= 0.3 is 0 Å². The molecule has 0 radical (unpaired) electrons. The Bertz CT molecular complexity index is 536. The second kappa shape index (κ2) is 6.65. The summed E-state index contributed by atoms with van der Waals surface area (Å²) in [5.74, 6) is 1.22. The lowest BCUT2D eigenvalue weighted by molar-refractivity contribution is -0.119. The number of rotatable bonds is 4. The molecule has 1 aliphatic rings. The summed E-state index contributed by atoms with van der Waals surface area (Å²) in [5, 5.41) is 2.87. The molecule has 0 saturated carbocycles. The molecule has 1 fully saturated rings. The largest absolute Gasteiger partial charge is 0.356 e. The van der Waals surface area contributed by atoms with Crippen molar-refractivity contribution >= 4 is 17.6 Å². The lowest BCUT2D eigenvalue weighted by Crippen LogP contribution is -2.39. The van der Waals surface area contributed by atoms with Crippen LogP contribution in [-0.4, -0.2) is 41.3 Å². The molecular formula is C15H22N4O2. The smallest absolute Gasteiger partial charge is 0.225 e. The standard InChI is InChI=1S/C15H22N4O2/c1-10-14(11(2)20)9-17-15(18-10)19-6-4-13(5-7-19)8-16-12(3)21/h9,13H,4-8H2,1-3H3,(H,16,21). The van der Waals surface area contributed by atoms with Crippen LogP contribution in [0.1, 0.15) is 42.7 Å². The van der Waals surface area contributed by atoms with Crippen molar-refractivity contribution in [1.29, 1.82) is 0 Å². The van der Waals surface area contributed by atoms with Gasteiger partial charge in [-0.25, -0.2) is 9.97 Å². The van der Waals surface area contributed by atoms with Crippen LogP contribution in [0.25, 0.3) is 0 Å². The molecule has 0 unspecified atom stereocenters. The molecule has 2 rings (SSSR count). The van der Waals surface area contributed by atoms with Gasteiger partial charge in [0.25, 0.3) is 0 Å². The topological polar surface area (TPSA) is 75.2 Å². The lowest BCUT2D eigenvalue weighted by Gasteiger charge is -2.32. The van der Waals surface area contributed by atoms with Gasteiger partial charge in [0.15, 0.2) is 5.78 Å². The van der Waals surface area contributed by atoms with Gasteiger partial charge in [-0.1, -0.05) is 0 Å². The summed E-state index contributed by atoms with van der Waals surface area (Å²) in [6, 6.07) is 0. The third-order valence-corrected chi connectivity index (χ3v) is 3.88. The molecule has 21 heavy (non-hydrogen) atoms. The number of amides is 1. The maximum absolute atomic E-state index is 11.4. The van der Waals surface area contributed by atoms with Crippen molar-refractivity contribution in [2.24, 2.45) is 5.92 Å². The van der Waals surface area contributed by atoms with Crippen LogP contribution in [0.2, 0.25) is 0 Å².